The molecule has 2 heterocycles. The van der Waals surface area contributed by atoms with E-state index in [9.17, 15) is 0 Å². The molecule has 0 radical (unpaired) electrons. The number of nitrogens with one attached hydrogen (secondary N) is 1. The summed E-state index contributed by atoms with van der Waals surface area (Å²) in [7, 11) is 2.14. The van der Waals surface area contributed by atoms with Gasteiger partial charge in [-0.1, -0.05) is 11.6 Å². The maximum Gasteiger partial charge on any atom is 0.107 e. The maximum atomic E-state index is 5.95. The van der Waals surface area contributed by atoms with Crippen molar-refractivity contribution < 1.29 is 0 Å². The van der Waals surface area contributed by atoms with Gasteiger partial charge in [0.1, 0.15) is 4.34 Å². The molecule has 1 aromatic heterocycles. The van der Waals surface area contributed by atoms with Crippen molar-refractivity contribution >= 4 is 38.9 Å². The molecule has 0 amide bonds. The molecule has 0 bridgehead atoms. The predicted molar refractivity (Wildman–Crippen MR) is 65.2 cm³/mol. The molecule has 2 rings (SSSR count). The van der Waals surface area contributed by atoms with E-state index >= 15 is 0 Å². The van der Waals surface area contributed by atoms with E-state index < -0.39 is 0 Å². The Bertz CT molecular complexity index is 303. The highest BCUT2D eigenvalue weighted by molar-refractivity contribution is 9.10. The standard InChI is InChI=1S/C9H12BrClN2S/c1-13-4-6(5-13)12-3-7-2-8(10)9(11)14-7/h2,6,12H,3-5H2,1H3. The second-order valence-corrected chi connectivity index (χ2v) is 6.23. The summed E-state index contributed by atoms with van der Waals surface area (Å²) in [6.45, 7) is 3.23. The first-order valence-electron chi connectivity index (χ1n) is 4.51. The minimum absolute atomic E-state index is 0.652. The lowest BCUT2D eigenvalue weighted by Crippen LogP contribution is -2.55. The Labute approximate surface area is 101 Å². The quantitative estimate of drug-likeness (QED) is 0.922. The Hall–Kier alpha value is 0.390. The summed E-state index contributed by atoms with van der Waals surface area (Å²) in [5.74, 6) is 0. The molecule has 1 aromatic rings. The lowest BCUT2D eigenvalue weighted by molar-refractivity contribution is 0.161. The Kier molecular flexibility index (Phi) is 3.50. The monoisotopic (exact) mass is 294 g/mol. The summed E-state index contributed by atoms with van der Waals surface area (Å²) < 4.78 is 1.85. The van der Waals surface area contributed by atoms with Gasteiger partial charge in [0.05, 0.1) is 0 Å². The van der Waals surface area contributed by atoms with E-state index in [2.05, 4.69) is 39.3 Å². The van der Waals surface area contributed by atoms with Gasteiger partial charge < -0.3 is 10.2 Å². The predicted octanol–water partition coefficient (Wildman–Crippen LogP) is 2.57. The van der Waals surface area contributed by atoms with Crippen LogP contribution in [0.4, 0.5) is 0 Å². The fourth-order valence-corrected chi connectivity index (χ4v) is 3.29. The number of halogens is 2. The van der Waals surface area contributed by atoms with Gasteiger partial charge in [-0.2, -0.15) is 0 Å². The highest BCUT2D eigenvalue weighted by Crippen LogP contribution is 2.31. The Morgan fingerprint density at radius 2 is 2.43 bits per heavy atom. The molecular formula is C9H12BrClN2S. The number of thiophene rings is 1. The molecule has 78 valence electrons. The first kappa shape index (κ1) is 10.9. The molecule has 0 saturated carbocycles. The van der Waals surface area contributed by atoms with Crippen LogP contribution in [0, 0.1) is 0 Å². The summed E-state index contributed by atoms with van der Waals surface area (Å²) in [6.07, 6.45) is 0. The summed E-state index contributed by atoms with van der Waals surface area (Å²) in [5.41, 5.74) is 0. The zero-order valence-electron chi connectivity index (χ0n) is 7.89. The van der Waals surface area contributed by atoms with Crippen molar-refractivity contribution in [3.05, 3.63) is 19.8 Å². The summed E-state index contributed by atoms with van der Waals surface area (Å²) in [4.78, 5) is 3.59. The van der Waals surface area contributed by atoms with Gasteiger partial charge >= 0.3 is 0 Å². The van der Waals surface area contributed by atoms with Crippen LogP contribution in [0.3, 0.4) is 0 Å². The Balaban J connectivity index is 1.80. The first-order chi connectivity index (χ1) is 6.65. The number of likely N-dealkylation sites (N-methyl/N-ethyl adjacent to an activating group) is 1. The summed E-state index contributed by atoms with van der Waals surface area (Å²) in [6, 6.07) is 2.74. The average Bonchev–Trinajstić information content (AvgIpc) is 2.39. The van der Waals surface area contributed by atoms with E-state index in [0.29, 0.717) is 6.04 Å². The molecule has 14 heavy (non-hydrogen) atoms. The van der Waals surface area contributed by atoms with Crippen LogP contribution in [0.5, 0.6) is 0 Å². The fourth-order valence-electron chi connectivity index (χ4n) is 1.55. The van der Waals surface area contributed by atoms with Crippen molar-refractivity contribution in [3.8, 4) is 0 Å². The van der Waals surface area contributed by atoms with E-state index in [1.165, 1.54) is 4.88 Å². The third-order valence-electron chi connectivity index (χ3n) is 2.33. The van der Waals surface area contributed by atoms with Gasteiger partial charge in [-0.25, -0.2) is 0 Å². The molecule has 1 aliphatic rings. The highest BCUT2D eigenvalue weighted by Gasteiger charge is 2.22. The molecule has 0 aromatic carbocycles. The van der Waals surface area contributed by atoms with Crippen molar-refractivity contribution in [2.75, 3.05) is 20.1 Å². The topological polar surface area (TPSA) is 15.3 Å². The fraction of sp³-hybridized carbons (Fsp3) is 0.556. The van der Waals surface area contributed by atoms with Gasteiger partial charge in [0.15, 0.2) is 0 Å². The molecular weight excluding hydrogens is 284 g/mol. The van der Waals surface area contributed by atoms with Crippen molar-refractivity contribution in [2.24, 2.45) is 0 Å². The minimum Gasteiger partial charge on any atom is -0.307 e. The average molecular weight is 296 g/mol. The zero-order chi connectivity index (χ0) is 10.1. The van der Waals surface area contributed by atoms with Crippen LogP contribution in [0.15, 0.2) is 10.5 Å². The first-order valence-corrected chi connectivity index (χ1v) is 6.49. The van der Waals surface area contributed by atoms with Crippen LogP contribution in [-0.2, 0) is 6.54 Å². The highest BCUT2D eigenvalue weighted by atomic mass is 79.9. The number of nitrogens with zero attached hydrogens (tertiary/aromatic N) is 1. The molecule has 1 N–H and O–H groups in total. The van der Waals surface area contributed by atoms with Crippen LogP contribution in [0.1, 0.15) is 4.88 Å². The van der Waals surface area contributed by atoms with Crippen molar-refractivity contribution in [1.82, 2.24) is 10.2 Å². The van der Waals surface area contributed by atoms with Gasteiger partial charge in [0, 0.05) is 35.0 Å². The smallest absolute Gasteiger partial charge is 0.107 e. The van der Waals surface area contributed by atoms with Gasteiger partial charge in [-0.15, -0.1) is 11.3 Å². The van der Waals surface area contributed by atoms with E-state index in [0.717, 1.165) is 28.4 Å². The third kappa shape index (κ3) is 2.49. The van der Waals surface area contributed by atoms with Crippen LogP contribution in [-0.4, -0.2) is 31.1 Å². The molecule has 2 nitrogen and oxygen atoms in total. The van der Waals surface area contributed by atoms with Crippen molar-refractivity contribution in [3.63, 3.8) is 0 Å². The van der Waals surface area contributed by atoms with E-state index in [1.54, 1.807) is 11.3 Å². The number of rotatable bonds is 3. The van der Waals surface area contributed by atoms with E-state index in [4.69, 9.17) is 11.6 Å². The second-order valence-electron chi connectivity index (χ2n) is 3.63. The molecule has 0 aliphatic carbocycles. The van der Waals surface area contributed by atoms with Crippen LogP contribution < -0.4 is 5.32 Å². The molecule has 0 unspecified atom stereocenters. The molecule has 0 atom stereocenters. The number of likely N-dealkylation sites (tertiary alicyclic amines) is 1. The van der Waals surface area contributed by atoms with Gasteiger partial charge in [-0.3, -0.25) is 0 Å². The van der Waals surface area contributed by atoms with Crippen molar-refractivity contribution in [2.45, 2.75) is 12.6 Å². The van der Waals surface area contributed by atoms with Gasteiger partial charge in [0.25, 0.3) is 0 Å². The third-order valence-corrected chi connectivity index (χ3v) is 4.80. The minimum atomic E-state index is 0.652. The van der Waals surface area contributed by atoms with Crippen molar-refractivity contribution in [1.29, 1.82) is 0 Å². The van der Waals surface area contributed by atoms with Crippen LogP contribution >= 0.6 is 38.9 Å². The molecule has 5 heteroatoms. The van der Waals surface area contributed by atoms with E-state index in [-0.39, 0.29) is 0 Å². The zero-order valence-corrected chi connectivity index (χ0v) is 11.0. The van der Waals surface area contributed by atoms with Gasteiger partial charge in [-0.05, 0) is 29.0 Å². The van der Waals surface area contributed by atoms with Gasteiger partial charge in [0.2, 0.25) is 0 Å². The number of hydrogen-bond donors (Lipinski definition) is 1. The largest absolute Gasteiger partial charge is 0.307 e. The number of hydrogen-bond acceptors (Lipinski definition) is 3. The lowest BCUT2D eigenvalue weighted by atomic mass is 10.1. The molecule has 1 aliphatic heterocycles. The summed E-state index contributed by atoms with van der Waals surface area (Å²) >= 11 is 11.0. The van der Waals surface area contributed by atoms with Crippen LogP contribution in [0.25, 0.3) is 0 Å². The summed E-state index contributed by atoms with van der Waals surface area (Å²) in [5, 5.41) is 3.50. The Morgan fingerprint density at radius 1 is 1.71 bits per heavy atom. The SMILES string of the molecule is CN1CC(NCc2cc(Br)c(Cl)s2)C1. The normalized spacial score (nSPS) is 18.5. The van der Waals surface area contributed by atoms with Crippen LogP contribution in [0.2, 0.25) is 4.34 Å². The maximum absolute atomic E-state index is 5.95. The lowest BCUT2D eigenvalue weighted by Gasteiger charge is -2.36. The Morgan fingerprint density at radius 3 is 2.93 bits per heavy atom. The molecule has 0 spiro atoms. The molecule has 1 fully saturated rings. The molecule has 1 saturated heterocycles. The second kappa shape index (κ2) is 4.49. The van der Waals surface area contributed by atoms with E-state index in [1.807, 2.05) is 0 Å².